The number of fused-ring (bicyclic) bond motifs is 1. The van der Waals surface area contributed by atoms with Crippen LogP contribution in [-0.2, 0) is 4.79 Å². The van der Waals surface area contributed by atoms with Gasteiger partial charge >= 0.3 is 0 Å². The van der Waals surface area contributed by atoms with E-state index < -0.39 is 11.9 Å². The Morgan fingerprint density at radius 1 is 1.00 bits per heavy atom. The molecule has 7 nitrogen and oxygen atoms in total. The van der Waals surface area contributed by atoms with Crippen molar-refractivity contribution in [2.75, 3.05) is 12.0 Å². The number of nitrogens with one attached hydrogen (secondary N) is 1. The average molecular weight is 597 g/mol. The minimum absolute atomic E-state index is 0.0380. The number of halogens is 1. The van der Waals surface area contributed by atoms with Crippen LogP contribution in [0.5, 0.6) is 5.75 Å². The molecular weight excluding hydrogens is 563 g/mol. The van der Waals surface area contributed by atoms with Crippen molar-refractivity contribution in [2.24, 2.45) is 0 Å². The molecule has 1 fully saturated rings. The summed E-state index contributed by atoms with van der Waals surface area (Å²) >= 11 is 1.32. The molecule has 1 saturated carbocycles. The lowest BCUT2D eigenvalue weighted by atomic mass is 9.94. The second-order valence-electron chi connectivity index (χ2n) is 10.8. The van der Waals surface area contributed by atoms with Crippen LogP contribution in [0.1, 0.15) is 59.1 Å². The van der Waals surface area contributed by atoms with Gasteiger partial charge in [-0.15, -0.1) is 11.3 Å². The van der Waals surface area contributed by atoms with Crippen molar-refractivity contribution >= 4 is 39.1 Å². The number of nitrogens with zero attached hydrogens (tertiary/aromatic N) is 3. The zero-order valence-corrected chi connectivity index (χ0v) is 24.9. The smallest absolute Gasteiger partial charge is 0.269 e. The molecule has 220 valence electrons. The molecule has 0 spiro atoms. The third-order valence-corrected chi connectivity index (χ3v) is 9.07. The first-order chi connectivity index (χ1) is 20.9. The molecule has 0 saturated heterocycles. The molecule has 2 heterocycles. The number of hydrogen-bond acceptors (Lipinski definition) is 5. The molecule has 2 amide bonds. The van der Waals surface area contributed by atoms with Gasteiger partial charge in [0.2, 0.25) is 5.91 Å². The third-order valence-electron chi connectivity index (χ3n) is 7.97. The third kappa shape index (κ3) is 5.90. The normalized spacial score (nSPS) is 14.4. The fourth-order valence-electron chi connectivity index (χ4n) is 5.73. The number of thiophene rings is 1. The van der Waals surface area contributed by atoms with Crippen LogP contribution in [0.15, 0.2) is 84.9 Å². The van der Waals surface area contributed by atoms with Gasteiger partial charge in [-0.25, -0.2) is 9.07 Å². The van der Waals surface area contributed by atoms with E-state index in [9.17, 15) is 14.0 Å². The van der Waals surface area contributed by atoms with E-state index in [0.29, 0.717) is 21.9 Å². The lowest BCUT2D eigenvalue weighted by Gasteiger charge is -2.33. The second-order valence-corrected chi connectivity index (χ2v) is 11.9. The van der Waals surface area contributed by atoms with Gasteiger partial charge in [-0.05, 0) is 79.9 Å². The Morgan fingerprint density at radius 2 is 1.70 bits per heavy atom. The van der Waals surface area contributed by atoms with Gasteiger partial charge in [0, 0.05) is 17.1 Å². The van der Waals surface area contributed by atoms with Gasteiger partial charge in [0.25, 0.3) is 5.91 Å². The molecular formula is C34H33FN4O3S. The molecule has 1 aliphatic rings. The SMILES string of the molecule is COc1ccc([C@@H](C(=O)NC2CCCCC2)N(C(=O)c2cc3c(C)nn(-c4ccccc4)c3s2)c2ccc(F)cc2)cc1. The number of aromatic nitrogens is 2. The minimum Gasteiger partial charge on any atom is -0.497 e. The first-order valence-corrected chi connectivity index (χ1v) is 15.3. The number of carbonyl (C=O) groups is 2. The topological polar surface area (TPSA) is 76.5 Å². The standard InChI is InChI=1S/C34H33FN4O3S/c1-22-29-21-30(43-34(29)39(37-22)27-11-7-4-8-12-27)33(41)38(26-17-15-24(35)16-18-26)31(23-13-19-28(42-2)20-14-23)32(40)36-25-9-5-3-6-10-25/h4,7-8,11-21,25,31H,3,5-6,9-10H2,1-2H3,(H,36,40)/t31-/m0/s1. The quantitative estimate of drug-likeness (QED) is 0.203. The summed E-state index contributed by atoms with van der Waals surface area (Å²) in [4.78, 5) is 31.5. The summed E-state index contributed by atoms with van der Waals surface area (Å²) in [7, 11) is 1.58. The van der Waals surface area contributed by atoms with Crippen molar-refractivity contribution < 1.29 is 18.7 Å². The fourth-order valence-corrected chi connectivity index (χ4v) is 6.85. The largest absolute Gasteiger partial charge is 0.497 e. The van der Waals surface area contributed by atoms with E-state index in [1.54, 1.807) is 43.5 Å². The maximum absolute atomic E-state index is 14.6. The fraction of sp³-hybridized carbons (Fsp3) is 0.265. The summed E-state index contributed by atoms with van der Waals surface area (Å²) in [5, 5.41) is 8.80. The molecule has 43 heavy (non-hydrogen) atoms. The Balaban J connectivity index is 1.46. The molecule has 1 N–H and O–H groups in total. The van der Waals surface area contributed by atoms with Crippen molar-refractivity contribution in [1.82, 2.24) is 15.1 Å². The zero-order valence-electron chi connectivity index (χ0n) is 24.1. The van der Waals surface area contributed by atoms with Gasteiger partial charge in [0.15, 0.2) is 0 Å². The van der Waals surface area contributed by atoms with Crippen LogP contribution in [0.25, 0.3) is 15.9 Å². The second kappa shape index (κ2) is 12.4. The number of anilines is 1. The Kier molecular flexibility index (Phi) is 8.24. The van der Waals surface area contributed by atoms with Crippen LogP contribution in [0.3, 0.4) is 0 Å². The van der Waals surface area contributed by atoms with E-state index in [-0.39, 0.29) is 17.9 Å². The number of para-hydroxylation sites is 1. The summed E-state index contributed by atoms with van der Waals surface area (Å²) in [5.41, 5.74) is 2.73. The maximum atomic E-state index is 14.6. The Labute approximate surface area is 253 Å². The highest BCUT2D eigenvalue weighted by Gasteiger charge is 2.36. The van der Waals surface area contributed by atoms with E-state index in [0.717, 1.165) is 53.7 Å². The number of amides is 2. The molecule has 9 heteroatoms. The molecule has 2 aromatic heterocycles. The van der Waals surface area contributed by atoms with Gasteiger partial charge in [0.05, 0.1) is 23.4 Å². The van der Waals surface area contributed by atoms with Gasteiger partial charge in [0.1, 0.15) is 22.4 Å². The average Bonchev–Trinajstić information content (AvgIpc) is 3.61. The first-order valence-electron chi connectivity index (χ1n) is 14.5. The van der Waals surface area contributed by atoms with Crippen molar-refractivity contribution in [3.63, 3.8) is 0 Å². The minimum atomic E-state index is -0.997. The number of hydrogen-bond donors (Lipinski definition) is 1. The van der Waals surface area contributed by atoms with Crippen LogP contribution in [-0.4, -0.2) is 34.7 Å². The molecule has 5 aromatic rings. The lowest BCUT2D eigenvalue weighted by molar-refractivity contribution is -0.123. The van der Waals surface area contributed by atoms with Crippen LogP contribution >= 0.6 is 11.3 Å². The molecule has 0 unspecified atom stereocenters. The molecule has 1 atom stereocenters. The van der Waals surface area contributed by atoms with E-state index in [1.165, 1.54) is 28.4 Å². The van der Waals surface area contributed by atoms with E-state index in [4.69, 9.17) is 9.84 Å². The monoisotopic (exact) mass is 596 g/mol. The summed E-state index contributed by atoms with van der Waals surface area (Å²) < 4.78 is 21.3. The van der Waals surface area contributed by atoms with Gasteiger partial charge in [-0.1, -0.05) is 49.6 Å². The molecule has 1 aliphatic carbocycles. The summed E-state index contributed by atoms with van der Waals surface area (Å²) in [6, 6.07) is 23.5. The number of methoxy groups -OCH3 is 1. The van der Waals surface area contributed by atoms with Crippen LogP contribution in [0, 0.1) is 12.7 Å². The predicted molar refractivity (Wildman–Crippen MR) is 168 cm³/mol. The Morgan fingerprint density at radius 3 is 2.37 bits per heavy atom. The molecule has 0 aliphatic heterocycles. The van der Waals surface area contributed by atoms with E-state index >= 15 is 0 Å². The van der Waals surface area contributed by atoms with Crippen LogP contribution in [0.2, 0.25) is 0 Å². The van der Waals surface area contributed by atoms with Crippen molar-refractivity contribution in [1.29, 1.82) is 0 Å². The lowest BCUT2D eigenvalue weighted by Crippen LogP contribution is -2.47. The number of ether oxygens (including phenoxy) is 1. The molecule has 6 rings (SSSR count). The van der Waals surface area contributed by atoms with Crippen LogP contribution in [0.4, 0.5) is 10.1 Å². The Bertz CT molecular complexity index is 1730. The van der Waals surface area contributed by atoms with Crippen molar-refractivity contribution in [3.8, 4) is 11.4 Å². The number of aryl methyl sites for hydroxylation is 1. The van der Waals surface area contributed by atoms with E-state index in [2.05, 4.69) is 5.32 Å². The van der Waals surface area contributed by atoms with Crippen molar-refractivity contribution in [3.05, 3.63) is 107 Å². The van der Waals surface area contributed by atoms with Crippen molar-refractivity contribution in [2.45, 2.75) is 51.1 Å². The first kappa shape index (κ1) is 28.6. The number of carbonyl (C=O) groups excluding carboxylic acids is 2. The highest BCUT2D eigenvalue weighted by Crippen LogP contribution is 2.36. The molecule has 0 bridgehead atoms. The van der Waals surface area contributed by atoms with Gasteiger partial charge in [-0.2, -0.15) is 5.10 Å². The number of benzene rings is 3. The highest BCUT2D eigenvalue weighted by molar-refractivity contribution is 7.20. The predicted octanol–water partition coefficient (Wildman–Crippen LogP) is 7.38. The zero-order chi connectivity index (χ0) is 29.9. The summed E-state index contributed by atoms with van der Waals surface area (Å²) in [6.45, 7) is 1.91. The van der Waals surface area contributed by atoms with E-state index in [1.807, 2.05) is 48.0 Å². The van der Waals surface area contributed by atoms with Gasteiger partial charge in [-0.3, -0.25) is 14.5 Å². The Hall–Kier alpha value is -4.50. The van der Waals surface area contributed by atoms with Gasteiger partial charge < -0.3 is 10.1 Å². The molecule has 0 radical (unpaired) electrons. The maximum Gasteiger partial charge on any atom is 0.269 e. The summed E-state index contributed by atoms with van der Waals surface area (Å²) in [5.74, 6) is -0.418. The number of rotatable bonds is 8. The molecule has 3 aromatic carbocycles. The highest BCUT2D eigenvalue weighted by atomic mass is 32.1. The van der Waals surface area contributed by atoms with Crippen LogP contribution < -0.4 is 15.0 Å². The summed E-state index contributed by atoms with van der Waals surface area (Å²) in [6.07, 6.45) is 5.06.